The first-order chi connectivity index (χ1) is 18.3. The molecule has 0 spiro atoms. The number of carbonyl (C=O) groups is 2. The second-order valence-electron chi connectivity index (χ2n) is 9.61. The summed E-state index contributed by atoms with van der Waals surface area (Å²) in [6.07, 6.45) is 1.31. The van der Waals surface area contributed by atoms with E-state index in [0.717, 1.165) is 16.1 Å². The molecule has 11 heteroatoms. The van der Waals surface area contributed by atoms with Crippen molar-refractivity contribution in [2.45, 2.75) is 24.9 Å². The highest BCUT2D eigenvalue weighted by molar-refractivity contribution is 7.92. The van der Waals surface area contributed by atoms with Crippen LogP contribution in [0.1, 0.15) is 44.8 Å². The topological polar surface area (TPSA) is 142 Å². The van der Waals surface area contributed by atoms with E-state index in [2.05, 4.69) is 10.6 Å². The van der Waals surface area contributed by atoms with E-state index < -0.39 is 45.8 Å². The van der Waals surface area contributed by atoms with Crippen molar-refractivity contribution < 1.29 is 27.5 Å². The van der Waals surface area contributed by atoms with Gasteiger partial charge in [-0.2, -0.15) is 0 Å². The molecule has 0 saturated carbocycles. The molecule has 2 amide bonds. The van der Waals surface area contributed by atoms with Crippen LogP contribution in [0.2, 0.25) is 0 Å². The molecule has 2 atom stereocenters. The lowest BCUT2D eigenvalue weighted by atomic mass is 9.92. The molecule has 0 aliphatic carbocycles. The molecule has 0 aromatic heterocycles. The number of anilines is 1. The Morgan fingerprint density at radius 3 is 2.18 bits per heavy atom. The first-order valence-electron chi connectivity index (χ1n) is 12.2. The second-order valence-corrected chi connectivity index (χ2v) is 11.6. The van der Waals surface area contributed by atoms with E-state index in [1.54, 1.807) is 19.1 Å². The molecule has 208 valence electrons. The molecular formula is C28H33FN4O5S. The van der Waals surface area contributed by atoms with Crippen LogP contribution >= 0.6 is 0 Å². The molecule has 0 fully saturated rings. The van der Waals surface area contributed by atoms with Crippen molar-refractivity contribution in [3.05, 3.63) is 101 Å². The Hall–Kier alpha value is -3.80. The van der Waals surface area contributed by atoms with Gasteiger partial charge >= 0.3 is 0 Å². The summed E-state index contributed by atoms with van der Waals surface area (Å²) < 4.78 is 38.6. The quantitative estimate of drug-likeness (QED) is 0.286. The van der Waals surface area contributed by atoms with Crippen molar-refractivity contribution in [3.8, 4) is 0 Å². The van der Waals surface area contributed by atoms with Crippen LogP contribution in [0.3, 0.4) is 0 Å². The standard InChI is InChI=1S/C28H33FN4O5S/c1-19(21-9-11-24(29)12-10-21)32-27(36)23-13-22(14-25(15-23)33(2)39(3,37)38)26(35)31-17-28(30,18-34)16-20-7-5-4-6-8-20/h4-15,19,34H,16-18,30H2,1-3H3,(H,31,35)(H,32,36)/t19-,28?/m1/s1. The fraction of sp³-hybridized carbons (Fsp3) is 0.286. The van der Waals surface area contributed by atoms with Gasteiger partial charge < -0.3 is 21.5 Å². The van der Waals surface area contributed by atoms with Crippen LogP contribution in [-0.2, 0) is 16.4 Å². The van der Waals surface area contributed by atoms with Crippen molar-refractivity contribution in [1.29, 1.82) is 0 Å². The van der Waals surface area contributed by atoms with E-state index in [9.17, 15) is 27.5 Å². The van der Waals surface area contributed by atoms with E-state index in [4.69, 9.17) is 5.73 Å². The van der Waals surface area contributed by atoms with Crippen molar-refractivity contribution in [3.63, 3.8) is 0 Å². The normalized spacial score (nSPS) is 13.7. The van der Waals surface area contributed by atoms with Gasteiger partial charge in [-0.25, -0.2) is 12.8 Å². The Balaban J connectivity index is 1.85. The molecular weight excluding hydrogens is 523 g/mol. The zero-order valence-electron chi connectivity index (χ0n) is 22.0. The van der Waals surface area contributed by atoms with Crippen LogP contribution in [0.5, 0.6) is 0 Å². The van der Waals surface area contributed by atoms with Gasteiger partial charge in [0.25, 0.3) is 11.8 Å². The minimum absolute atomic E-state index is 0.0302. The highest BCUT2D eigenvalue weighted by Gasteiger charge is 2.26. The highest BCUT2D eigenvalue weighted by atomic mass is 32.2. The van der Waals surface area contributed by atoms with Gasteiger partial charge in [-0.3, -0.25) is 13.9 Å². The van der Waals surface area contributed by atoms with E-state index in [1.807, 2.05) is 30.3 Å². The van der Waals surface area contributed by atoms with Gasteiger partial charge in [0.2, 0.25) is 10.0 Å². The molecule has 3 aromatic carbocycles. The third-order valence-electron chi connectivity index (χ3n) is 6.34. The van der Waals surface area contributed by atoms with E-state index >= 15 is 0 Å². The zero-order chi connectivity index (χ0) is 28.8. The van der Waals surface area contributed by atoms with Gasteiger partial charge in [-0.05, 0) is 54.8 Å². The first-order valence-corrected chi connectivity index (χ1v) is 14.0. The maximum atomic E-state index is 13.3. The molecule has 0 bridgehead atoms. The van der Waals surface area contributed by atoms with Gasteiger partial charge in [0.15, 0.2) is 0 Å². The molecule has 0 heterocycles. The minimum Gasteiger partial charge on any atom is -0.394 e. The van der Waals surface area contributed by atoms with Crippen LogP contribution in [0, 0.1) is 5.82 Å². The lowest BCUT2D eigenvalue weighted by molar-refractivity contribution is 0.0931. The maximum Gasteiger partial charge on any atom is 0.251 e. The molecule has 5 N–H and O–H groups in total. The second kappa shape index (κ2) is 12.4. The number of nitrogens with two attached hydrogens (primary N) is 1. The lowest BCUT2D eigenvalue weighted by Crippen LogP contribution is -2.54. The predicted octanol–water partition coefficient (Wildman–Crippen LogP) is 2.37. The van der Waals surface area contributed by atoms with E-state index in [0.29, 0.717) is 12.0 Å². The summed E-state index contributed by atoms with van der Waals surface area (Å²) in [6.45, 7) is 1.24. The number of hydrogen-bond donors (Lipinski definition) is 4. The van der Waals surface area contributed by atoms with Gasteiger partial charge in [-0.1, -0.05) is 42.5 Å². The summed E-state index contributed by atoms with van der Waals surface area (Å²) in [5.41, 5.74) is 6.93. The first kappa shape index (κ1) is 29.8. The molecule has 3 rings (SSSR count). The molecule has 9 nitrogen and oxygen atoms in total. The van der Waals surface area contributed by atoms with Gasteiger partial charge in [0, 0.05) is 24.7 Å². The summed E-state index contributed by atoms with van der Waals surface area (Å²) in [5.74, 6) is -1.57. The number of carbonyl (C=O) groups excluding carboxylic acids is 2. The number of rotatable bonds is 11. The summed E-state index contributed by atoms with van der Waals surface area (Å²) >= 11 is 0. The number of nitrogens with one attached hydrogen (secondary N) is 2. The van der Waals surface area contributed by atoms with E-state index in [-0.39, 0.29) is 23.4 Å². The number of amides is 2. The van der Waals surface area contributed by atoms with Gasteiger partial charge in [0.05, 0.1) is 30.1 Å². The molecule has 0 saturated heterocycles. The monoisotopic (exact) mass is 556 g/mol. The predicted molar refractivity (Wildman–Crippen MR) is 148 cm³/mol. The highest BCUT2D eigenvalue weighted by Crippen LogP contribution is 2.22. The SMILES string of the molecule is C[C@@H](NC(=O)c1cc(C(=O)NCC(N)(CO)Cc2ccccc2)cc(N(C)S(C)(=O)=O)c1)c1ccc(F)cc1. The molecule has 1 unspecified atom stereocenters. The van der Waals surface area contributed by atoms with Crippen LogP contribution in [0.25, 0.3) is 0 Å². The van der Waals surface area contributed by atoms with Crippen LogP contribution in [0.4, 0.5) is 10.1 Å². The number of benzene rings is 3. The van der Waals surface area contributed by atoms with Crippen molar-refractivity contribution in [2.75, 3.05) is 30.8 Å². The molecule has 0 radical (unpaired) electrons. The van der Waals surface area contributed by atoms with Crippen LogP contribution in [-0.4, -0.2) is 57.3 Å². The number of aliphatic hydroxyl groups excluding tert-OH is 1. The molecule has 39 heavy (non-hydrogen) atoms. The lowest BCUT2D eigenvalue weighted by Gasteiger charge is -2.28. The average Bonchev–Trinajstić information content (AvgIpc) is 2.91. The molecule has 0 aliphatic rings. The Morgan fingerprint density at radius 1 is 1.03 bits per heavy atom. The smallest absolute Gasteiger partial charge is 0.251 e. The fourth-order valence-corrected chi connectivity index (χ4v) is 4.38. The Labute approximate surface area is 227 Å². The Morgan fingerprint density at radius 2 is 1.62 bits per heavy atom. The summed E-state index contributed by atoms with van der Waals surface area (Å²) in [7, 11) is -2.39. The number of sulfonamides is 1. The minimum atomic E-state index is -3.70. The summed E-state index contributed by atoms with van der Waals surface area (Å²) in [5, 5.41) is 15.4. The zero-order valence-corrected chi connectivity index (χ0v) is 22.8. The average molecular weight is 557 g/mol. The third-order valence-corrected chi connectivity index (χ3v) is 7.54. The van der Waals surface area contributed by atoms with Crippen LogP contribution in [0.15, 0.2) is 72.8 Å². The molecule has 3 aromatic rings. The number of nitrogens with zero attached hydrogens (tertiary/aromatic N) is 1. The summed E-state index contributed by atoms with van der Waals surface area (Å²) in [4.78, 5) is 26.3. The third kappa shape index (κ3) is 8.09. The van der Waals surface area contributed by atoms with Crippen molar-refractivity contribution >= 4 is 27.5 Å². The number of halogens is 1. The largest absolute Gasteiger partial charge is 0.394 e. The van der Waals surface area contributed by atoms with Crippen molar-refractivity contribution in [1.82, 2.24) is 10.6 Å². The summed E-state index contributed by atoms with van der Waals surface area (Å²) in [6, 6.07) is 18.5. The van der Waals surface area contributed by atoms with Gasteiger partial charge in [-0.15, -0.1) is 0 Å². The van der Waals surface area contributed by atoms with Crippen molar-refractivity contribution in [2.24, 2.45) is 5.73 Å². The number of hydrogen-bond acceptors (Lipinski definition) is 6. The van der Waals surface area contributed by atoms with E-state index in [1.165, 1.54) is 37.4 Å². The molecule has 0 aliphatic heterocycles. The fourth-order valence-electron chi connectivity index (χ4n) is 3.90. The Kier molecular flexibility index (Phi) is 9.44. The maximum absolute atomic E-state index is 13.3. The van der Waals surface area contributed by atoms with Gasteiger partial charge in [0.1, 0.15) is 5.82 Å². The van der Waals surface area contributed by atoms with Crippen LogP contribution < -0.4 is 20.7 Å². The Bertz CT molecular complexity index is 1420. The number of aliphatic hydroxyl groups is 1.